The number of carboxylic acid groups (broad SMARTS) is 1. The van der Waals surface area contributed by atoms with E-state index in [4.69, 9.17) is 15.6 Å². The number of amides is 1. The van der Waals surface area contributed by atoms with Gasteiger partial charge < -0.3 is 20.5 Å². The van der Waals surface area contributed by atoms with Gasteiger partial charge >= 0.3 is 5.97 Å². The van der Waals surface area contributed by atoms with Crippen LogP contribution < -0.4 is 15.4 Å². The van der Waals surface area contributed by atoms with Crippen molar-refractivity contribution in [1.29, 1.82) is 0 Å². The number of thioether (sulfide) groups is 1. The number of anilines is 2. The van der Waals surface area contributed by atoms with Crippen LogP contribution in [0, 0.1) is 5.92 Å². The maximum Gasteiger partial charge on any atom is 0.303 e. The van der Waals surface area contributed by atoms with Gasteiger partial charge in [0.2, 0.25) is 5.88 Å². The fourth-order valence-corrected chi connectivity index (χ4v) is 5.29. The van der Waals surface area contributed by atoms with Crippen molar-refractivity contribution in [1.82, 2.24) is 9.97 Å². The first-order chi connectivity index (χ1) is 16.0. The van der Waals surface area contributed by atoms with Gasteiger partial charge in [0, 0.05) is 17.9 Å². The van der Waals surface area contributed by atoms with Gasteiger partial charge in [-0.25, -0.2) is 4.98 Å². The Morgan fingerprint density at radius 3 is 2.61 bits per heavy atom. The lowest BCUT2D eigenvalue weighted by Crippen LogP contribution is -2.32. The van der Waals surface area contributed by atoms with E-state index in [-0.39, 0.29) is 35.5 Å². The summed E-state index contributed by atoms with van der Waals surface area (Å²) in [7, 11) is 0. The molecule has 2 aromatic rings. The summed E-state index contributed by atoms with van der Waals surface area (Å²) in [6.45, 7) is 2.79. The lowest BCUT2D eigenvalue weighted by Gasteiger charge is -2.28. The van der Waals surface area contributed by atoms with Gasteiger partial charge in [-0.3, -0.25) is 9.59 Å². The van der Waals surface area contributed by atoms with Crippen molar-refractivity contribution in [2.75, 3.05) is 29.5 Å². The van der Waals surface area contributed by atoms with E-state index in [0.717, 1.165) is 43.5 Å². The third-order valence-electron chi connectivity index (χ3n) is 6.32. The third-order valence-corrected chi connectivity index (χ3v) is 7.37. The zero-order valence-electron chi connectivity index (χ0n) is 18.8. The van der Waals surface area contributed by atoms with Crippen LogP contribution in [0.25, 0.3) is 0 Å². The van der Waals surface area contributed by atoms with Crippen molar-refractivity contribution in [2.24, 2.45) is 5.92 Å². The molecule has 2 heterocycles. The molecule has 0 saturated heterocycles. The van der Waals surface area contributed by atoms with Gasteiger partial charge in [0.25, 0.3) is 5.91 Å². The molecular weight excluding hydrogens is 440 g/mol. The summed E-state index contributed by atoms with van der Waals surface area (Å²) in [5, 5.41) is 9.54. The predicted molar refractivity (Wildman–Crippen MR) is 128 cm³/mol. The first-order valence-electron chi connectivity index (χ1n) is 11.5. The second kappa shape index (κ2) is 10.4. The summed E-state index contributed by atoms with van der Waals surface area (Å²) < 4.78 is 5.78. The monoisotopic (exact) mass is 470 g/mol. The number of nitrogens with two attached hydrogens (primary N) is 1. The summed E-state index contributed by atoms with van der Waals surface area (Å²) in [4.78, 5) is 34.7. The molecule has 0 spiro atoms. The van der Waals surface area contributed by atoms with E-state index in [0.29, 0.717) is 24.2 Å². The molecule has 1 amide bonds. The van der Waals surface area contributed by atoms with Crippen LogP contribution in [0.3, 0.4) is 0 Å². The number of hydrogen-bond donors (Lipinski definition) is 2. The minimum atomic E-state index is -0.711. The molecule has 0 unspecified atom stereocenters. The molecule has 2 aliphatic rings. The van der Waals surface area contributed by atoms with Crippen molar-refractivity contribution < 1.29 is 19.4 Å². The molecule has 8 nitrogen and oxygen atoms in total. The van der Waals surface area contributed by atoms with Gasteiger partial charge in [0.1, 0.15) is 18.0 Å². The zero-order chi connectivity index (χ0) is 23.4. The molecule has 3 N–H and O–H groups in total. The van der Waals surface area contributed by atoms with E-state index < -0.39 is 5.97 Å². The molecule has 33 heavy (non-hydrogen) atoms. The van der Waals surface area contributed by atoms with Crippen LogP contribution in [-0.2, 0) is 4.79 Å². The van der Waals surface area contributed by atoms with Crippen molar-refractivity contribution in [2.45, 2.75) is 56.5 Å². The summed E-state index contributed by atoms with van der Waals surface area (Å²) in [6.07, 6.45) is 5.11. The Labute approximate surface area is 197 Å². The molecule has 1 aliphatic heterocycles. The quantitative estimate of drug-likeness (QED) is 0.453. The number of nitrogen functional groups attached to an aromatic ring is 1. The van der Waals surface area contributed by atoms with Crippen molar-refractivity contribution in [3.05, 3.63) is 35.4 Å². The number of aromatic nitrogens is 2. The molecule has 4 rings (SSSR count). The minimum absolute atomic E-state index is 0.144. The number of fused-ring (bicyclic) bond motifs is 1. The van der Waals surface area contributed by atoms with Crippen LogP contribution in [0.5, 0.6) is 5.88 Å². The Balaban J connectivity index is 1.47. The van der Waals surface area contributed by atoms with Crippen molar-refractivity contribution in [3.8, 4) is 5.88 Å². The Kier molecular flexibility index (Phi) is 7.37. The number of hydrogen-bond acceptors (Lipinski definition) is 7. The van der Waals surface area contributed by atoms with Crippen LogP contribution in [-0.4, -0.2) is 45.9 Å². The lowest BCUT2D eigenvalue weighted by molar-refractivity contribution is -0.138. The highest BCUT2D eigenvalue weighted by molar-refractivity contribution is 7.99. The number of carbonyl (C=O) groups is 2. The van der Waals surface area contributed by atoms with E-state index in [2.05, 4.69) is 29.0 Å². The maximum absolute atomic E-state index is 13.3. The number of benzene rings is 1. The van der Waals surface area contributed by atoms with Crippen LogP contribution in [0.1, 0.15) is 67.3 Å². The fraction of sp³-hybridized carbons (Fsp3) is 0.500. The van der Waals surface area contributed by atoms with Crippen LogP contribution >= 0.6 is 11.8 Å². The second-order valence-electron chi connectivity index (χ2n) is 8.63. The number of carbonyl (C=O) groups excluding carboxylic acids is 1. The molecule has 1 aromatic carbocycles. The number of nitrogens with zero attached hydrogens (tertiary/aromatic N) is 3. The Morgan fingerprint density at radius 1 is 1.21 bits per heavy atom. The maximum atomic E-state index is 13.3. The highest BCUT2D eigenvalue weighted by Crippen LogP contribution is 2.38. The fourth-order valence-electron chi connectivity index (χ4n) is 4.59. The van der Waals surface area contributed by atoms with E-state index in [9.17, 15) is 9.59 Å². The summed E-state index contributed by atoms with van der Waals surface area (Å²) in [6, 6.07) is 8.07. The van der Waals surface area contributed by atoms with Crippen molar-refractivity contribution >= 4 is 35.1 Å². The highest BCUT2D eigenvalue weighted by atomic mass is 32.2. The Bertz CT molecular complexity index is 1010. The molecule has 1 saturated carbocycles. The smallest absolute Gasteiger partial charge is 0.303 e. The summed E-state index contributed by atoms with van der Waals surface area (Å²) in [5.74, 6) is 1.00. The first kappa shape index (κ1) is 23.4. The molecule has 0 atom stereocenters. The number of aliphatic carboxylic acids is 1. The SMILES string of the molecule is CCCSc1nc(N)c2c(n1)OCCN(c1ccc([C@H]3CC[C@H](CC(=O)O)CC3)cc1)C2=O. The molecule has 1 aliphatic carbocycles. The van der Waals surface area contributed by atoms with Gasteiger partial charge in [-0.05, 0) is 61.6 Å². The van der Waals surface area contributed by atoms with E-state index in [1.165, 1.54) is 17.3 Å². The normalized spacial score (nSPS) is 20.6. The summed E-state index contributed by atoms with van der Waals surface area (Å²) >= 11 is 1.49. The van der Waals surface area contributed by atoms with Gasteiger partial charge in [-0.1, -0.05) is 30.8 Å². The van der Waals surface area contributed by atoms with E-state index in [1.54, 1.807) is 4.90 Å². The van der Waals surface area contributed by atoms with Crippen LogP contribution in [0.15, 0.2) is 29.4 Å². The zero-order valence-corrected chi connectivity index (χ0v) is 19.6. The average Bonchev–Trinajstić information content (AvgIpc) is 2.97. The lowest BCUT2D eigenvalue weighted by atomic mass is 9.77. The van der Waals surface area contributed by atoms with E-state index in [1.807, 2.05) is 12.1 Å². The molecule has 9 heteroatoms. The predicted octanol–water partition coefficient (Wildman–Crippen LogP) is 4.35. The molecule has 0 bridgehead atoms. The van der Waals surface area contributed by atoms with Crippen LogP contribution in [0.2, 0.25) is 0 Å². The van der Waals surface area contributed by atoms with Gasteiger partial charge in [-0.15, -0.1) is 0 Å². The van der Waals surface area contributed by atoms with Gasteiger partial charge in [-0.2, -0.15) is 4.98 Å². The molecule has 0 radical (unpaired) electrons. The number of ether oxygens (including phenoxy) is 1. The molecule has 176 valence electrons. The Hall–Kier alpha value is -2.81. The topological polar surface area (TPSA) is 119 Å². The second-order valence-corrected chi connectivity index (χ2v) is 9.69. The number of rotatable bonds is 7. The third kappa shape index (κ3) is 5.40. The Morgan fingerprint density at radius 2 is 1.94 bits per heavy atom. The standard InChI is InChI=1S/C24H30N4O4S/c1-2-13-33-24-26-21(25)20-22(27-24)32-12-11-28(23(20)31)18-9-7-17(8-10-18)16-5-3-15(4-6-16)14-19(29)30/h7-10,15-16H,2-6,11-14H2,1H3,(H,29,30)(H2,25,26,27)/t15-,16-. The molecule has 1 aromatic heterocycles. The van der Waals surface area contributed by atoms with Crippen LogP contribution in [0.4, 0.5) is 11.5 Å². The average molecular weight is 471 g/mol. The molecular formula is C24H30N4O4S. The largest absolute Gasteiger partial charge is 0.481 e. The first-order valence-corrected chi connectivity index (χ1v) is 12.5. The van der Waals surface area contributed by atoms with Crippen molar-refractivity contribution in [3.63, 3.8) is 0 Å². The minimum Gasteiger partial charge on any atom is -0.481 e. The van der Waals surface area contributed by atoms with Gasteiger partial charge in [0.15, 0.2) is 5.16 Å². The summed E-state index contributed by atoms with van der Waals surface area (Å²) in [5.41, 5.74) is 8.37. The van der Waals surface area contributed by atoms with Gasteiger partial charge in [0.05, 0.1) is 6.54 Å². The highest BCUT2D eigenvalue weighted by Gasteiger charge is 2.30. The molecule has 1 fully saturated rings. The van der Waals surface area contributed by atoms with E-state index >= 15 is 0 Å². The number of carboxylic acids is 1.